The van der Waals surface area contributed by atoms with Crippen molar-refractivity contribution in [2.75, 3.05) is 13.2 Å². The van der Waals surface area contributed by atoms with Gasteiger partial charge in [-0.05, 0) is 70.6 Å². The van der Waals surface area contributed by atoms with Crippen molar-refractivity contribution in [3.8, 4) is 0 Å². The van der Waals surface area contributed by atoms with Crippen molar-refractivity contribution in [2.24, 2.45) is 0 Å². The lowest BCUT2D eigenvalue weighted by atomic mass is 10.0. The van der Waals surface area contributed by atoms with Gasteiger partial charge in [-0.2, -0.15) is 0 Å². The minimum atomic E-state index is -0.778. The average Bonchev–Trinajstić information content (AvgIpc) is 3.46. The van der Waals surface area contributed by atoms with Crippen LogP contribution in [0.1, 0.15) is 400 Å². The smallest absolute Gasteiger partial charge is 0.306 e. The molecule has 0 aromatic rings. The van der Waals surface area contributed by atoms with Crippen LogP contribution in [-0.4, -0.2) is 37.2 Å². The van der Waals surface area contributed by atoms with Crippen molar-refractivity contribution >= 4 is 17.9 Å². The molecule has 470 valence electrons. The van der Waals surface area contributed by atoms with E-state index in [9.17, 15) is 14.4 Å². The number of hydrogen-bond donors (Lipinski definition) is 0. The first kappa shape index (κ1) is 77.6. The van der Waals surface area contributed by atoms with Gasteiger partial charge in [-0.3, -0.25) is 14.4 Å². The second-order valence-electron chi connectivity index (χ2n) is 24.5. The summed E-state index contributed by atoms with van der Waals surface area (Å²) in [4.78, 5) is 38.3. The summed E-state index contributed by atoms with van der Waals surface area (Å²) in [7, 11) is 0. The predicted octanol–water partition coefficient (Wildman–Crippen LogP) is 24.7. The molecule has 0 aromatic carbocycles. The Kier molecular flexibility index (Phi) is 67.1. The third-order valence-electron chi connectivity index (χ3n) is 16.4. The van der Waals surface area contributed by atoms with Gasteiger partial charge in [0, 0.05) is 19.3 Å². The maximum absolute atomic E-state index is 12.9. The number of hydrogen-bond acceptors (Lipinski definition) is 6. The van der Waals surface area contributed by atoms with Gasteiger partial charge in [0.2, 0.25) is 0 Å². The molecule has 0 N–H and O–H groups in total. The molecule has 0 aliphatic rings. The van der Waals surface area contributed by atoms with Gasteiger partial charge in [0.1, 0.15) is 13.2 Å². The number of esters is 3. The Balaban J connectivity index is 4.06. The number of ether oxygens (including phenoxy) is 3. The average molecular weight is 1120 g/mol. The van der Waals surface area contributed by atoms with Gasteiger partial charge in [0.05, 0.1) is 0 Å². The first-order valence-corrected chi connectivity index (χ1v) is 36.0. The van der Waals surface area contributed by atoms with Crippen LogP contribution in [-0.2, 0) is 28.6 Å². The molecule has 1 atom stereocenters. The summed E-state index contributed by atoms with van der Waals surface area (Å²) in [5.41, 5.74) is 0. The van der Waals surface area contributed by atoms with E-state index in [0.29, 0.717) is 19.3 Å². The van der Waals surface area contributed by atoms with Crippen LogP contribution in [0.5, 0.6) is 0 Å². The number of rotatable bonds is 67. The van der Waals surface area contributed by atoms with Gasteiger partial charge in [-0.15, -0.1) is 0 Å². The summed E-state index contributed by atoms with van der Waals surface area (Å²) < 4.78 is 16.9. The van der Waals surface area contributed by atoms with Crippen LogP contribution in [0.3, 0.4) is 0 Å². The molecular weight excluding hydrogens is 985 g/mol. The SMILES string of the molecule is CCCC/C=C\CCCCCCCC(=O)OCC(COC(=O)CCCCCCCCCCCCCCCCCCCCCCCCCCCCCCCCCCC)OC(=O)CCCCCCCCC/C=C\C/C=C\CCCCCC. The Morgan fingerprint density at radius 1 is 0.250 bits per heavy atom. The molecule has 0 aromatic heterocycles. The maximum Gasteiger partial charge on any atom is 0.306 e. The van der Waals surface area contributed by atoms with E-state index in [0.717, 1.165) is 77.0 Å². The molecule has 6 heteroatoms. The van der Waals surface area contributed by atoms with Crippen molar-refractivity contribution in [1.29, 1.82) is 0 Å². The second kappa shape index (κ2) is 69.1. The lowest BCUT2D eigenvalue weighted by molar-refractivity contribution is -0.167. The van der Waals surface area contributed by atoms with Gasteiger partial charge >= 0.3 is 17.9 Å². The zero-order chi connectivity index (χ0) is 57.8. The standard InChI is InChI=1S/C74H138O6/c1-4-7-10-13-16-19-22-24-26-28-30-31-32-33-34-35-36-37-38-39-40-41-42-43-44-46-47-49-52-55-58-61-64-67-73(76)79-70-71(69-78-72(75)66-63-60-57-54-51-21-18-15-12-9-6-3)80-74(77)68-65-62-59-56-53-50-48-45-29-27-25-23-20-17-14-11-8-5-2/h15,18,20,23,27,29,71H,4-14,16-17,19,21-22,24-26,28,30-70H2,1-3H3/b18-15-,23-20-,29-27-. The van der Waals surface area contributed by atoms with Crippen molar-refractivity contribution in [1.82, 2.24) is 0 Å². The van der Waals surface area contributed by atoms with Crippen LogP contribution in [0.15, 0.2) is 36.5 Å². The molecular formula is C74H138O6. The predicted molar refractivity (Wildman–Crippen MR) is 349 cm³/mol. The maximum atomic E-state index is 12.9. The Morgan fingerprint density at radius 2 is 0.463 bits per heavy atom. The summed E-state index contributed by atoms with van der Waals surface area (Å²) in [5.74, 6) is -0.868. The van der Waals surface area contributed by atoms with E-state index in [1.54, 1.807) is 0 Å². The Hall–Kier alpha value is -2.37. The quantitative estimate of drug-likeness (QED) is 0.0261. The molecule has 0 rings (SSSR count). The van der Waals surface area contributed by atoms with Gasteiger partial charge in [0.25, 0.3) is 0 Å². The Labute approximate surface area is 499 Å². The van der Waals surface area contributed by atoms with Crippen LogP contribution in [0.25, 0.3) is 0 Å². The third-order valence-corrected chi connectivity index (χ3v) is 16.4. The van der Waals surface area contributed by atoms with E-state index >= 15 is 0 Å². The highest BCUT2D eigenvalue weighted by Gasteiger charge is 2.19. The minimum absolute atomic E-state index is 0.0740. The number of carbonyl (C=O) groups is 3. The molecule has 0 aliphatic heterocycles. The zero-order valence-corrected chi connectivity index (χ0v) is 54.1. The van der Waals surface area contributed by atoms with Gasteiger partial charge in [0.15, 0.2) is 6.10 Å². The van der Waals surface area contributed by atoms with Crippen LogP contribution < -0.4 is 0 Å². The fourth-order valence-electron chi connectivity index (χ4n) is 10.9. The van der Waals surface area contributed by atoms with E-state index in [2.05, 4.69) is 57.2 Å². The Morgan fingerprint density at radius 3 is 0.750 bits per heavy atom. The van der Waals surface area contributed by atoms with Crippen LogP contribution in [0, 0.1) is 0 Å². The van der Waals surface area contributed by atoms with E-state index < -0.39 is 6.10 Å². The lowest BCUT2D eigenvalue weighted by Crippen LogP contribution is -2.30. The summed E-state index contributed by atoms with van der Waals surface area (Å²) in [6.07, 6.45) is 86.3. The summed E-state index contributed by atoms with van der Waals surface area (Å²) in [5, 5.41) is 0. The van der Waals surface area contributed by atoms with Crippen molar-refractivity contribution in [3.63, 3.8) is 0 Å². The molecule has 1 unspecified atom stereocenters. The first-order chi connectivity index (χ1) is 39.5. The normalized spacial score (nSPS) is 12.2. The lowest BCUT2D eigenvalue weighted by Gasteiger charge is -2.18. The first-order valence-electron chi connectivity index (χ1n) is 36.0. The van der Waals surface area contributed by atoms with Gasteiger partial charge < -0.3 is 14.2 Å². The molecule has 0 saturated carbocycles. The van der Waals surface area contributed by atoms with Crippen LogP contribution in [0.2, 0.25) is 0 Å². The highest BCUT2D eigenvalue weighted by atomic mass is 16.6. The molecule has 0 heterocycles. The summed E-state index contributed by atoms with van der Waals surface area (Å²) in [6, 6.07) is 0. The molecule has 80 heavy (non-hydrogen) atoms. The second-order valence-corrected chi connectivity index (χ2v) is 24.5. The van der Waals surface area contributed by atoms with E-state index in [1.807, 2.05) is 0 Å². The fourth-order valence-corrected chi connectivity index (χ4v) is 10.9. The van der Waals surface area contributed by atoms with E-state index in [1.165, 1.54) is 283 Å². The number of allylic oxidation sites excluding steroid dienone is 6. The highest BCUT2D eigenvalue weighted by molar-refractivity contribution is 5.71. The van der Waals surface area contributed by atoms with Crippen molar-refractivity contribution in [2.45, 2.75) is 406 Å². The minimum Gasteiger partial charge on any atom is -0.462 e. The third kappa shape index (κ3) is 66.4. The van der Waals surface area contributed by atoms with Crippen LogP contribution >= 0.6 is 0 Å². The largest absolute Gasteiger partial charge is 0.462 e. The van der Waals surface area contributed by atoms with E-state index in [-0.39, 0.29) is 31.1 Å². The molecule has 0 fully saturated rings. The molecule has 0 bridgehead atoms. The van der Waals surface area contributed by atoms with E-state index in [4.69, 9.17) is 14.2 Å². The molecule has 0 spiro atoms. The van der Waals surface area contributed by atoms with Crippen LogP contribution in [0.4, 0.5) is 0 Å². The summed E-state index contributed by atoms with van der Waals surface area (Å²) in [6.45, 7) is 6.64. The number of carbonyl (C=O) groups excluding carboxylic acids is 3. The van der Waals surface area contributed by atoms with Gasteiger partial charge in [-0.1, -0.05) is 346 Å². The van der Waals surface area contributed by atoms with Gasteiger partial charge in [-0.25, -0.2) is 0 Å². The topological polar surface area (TPSA) is 78.9 Å². The fraction of sp³-hybridized carbons (Fsp3) is 0.878. The summed E-state index contributed by atoms with van der Waals surface area (Å²) >= 11 is 0. The van der Waals surface area contributed by atoms with Crippen molar-refractivity contribution < 1.29 is 28.6 Å². The monoisotopic (exact) mass is 1120 g/mol. The Bertz CT molecular complexity index is 1340. The van der Waals surface area contributed by atoms with Crippen molar-refractivity contribution in [3.05, 3.63) is 36.5 Å². The molecule has 6 nitrogen and oxygen atoms in total. The highest BCUT2D eigenvalue weighted by Crippen LogP contribution is 2.19. The molecule has 0 radical (unpaired) electrons. The molecule has 0 aliphatic carbocycles. The molecule has 0 amide bonds. The zero-order valence-electron chi connectivity index (χ0n) is 54.1. The molecule has 0 saturated heterocycles. The number of unbranched alkanes of at least 4 members (excludes halogenated alkanes) is 50.